The van der Waals surface area contributed by atoms with Crippen molar-refractivity contribution in [3.05, 3.63) is 5.15 Å². The first-order chi connectivity index (χ1) is 14.2. The zero-order valence-corrected chi connectivity index (χ0v) is 16.9. The lowest BCUT2D eigenvalue weighted by molar-refractivity contribution is -0.167. The summed E-state index contributed by atoms with van der Waals surface area (Å²) in [6.07, 6.45) is -1.02. The Kier molecular flexibility index (Phi) is 5.14. The lowest BCUT2D eigenvalue weighted by Crippen LogP contribution is -2.35. The standard InChI is InChI=1S/C17H27ClN4O4S/c1-4-7-27-16-21-14(18)11(19)15(22-16)20-9-8-10(24-6-5-23)13-12(9)25-17(2,3)26-13/h9-10,12-13,23H,4-8,19H2,1-3H3,(H,20,21,22)/t9-,10+,12+,13-/m1/s1/i5D2,6D2. The van der Waals surface area contributed by atoms with E-state index in [1.54, 1.807) is 13.8 Å². The molecule has 1 aliphatic heterocycles. The van der Waals surface area contributed by atoms with Crippen molar-refractivity contribution in [2.24, 2.45) is 0 Å². The summed E-state index contributed by atoms with van der Waals surface area (Å²) in [5, 5.41) is 13.3. The summed E-state index contributed by atoms with van der Waals surface area (Å²) in [4.78, 5) is 8.62. The van der Waals surface area contributed by atoms with Gasteiger partial charge in [0.15, 0.2) is 21.9 Å². The zero-order valence-electron chi connectivity index (χ0n) is 19.4. The molecular weight excluding hydrogens is 392 g/mol. The molecule has 1 saturated heterocycles. The van der Waals surface area contributed by atoms with Crippen LogP contribution in [-0.2, 0) is 14.2 Å². The van der Waals surface area contributed by atoms with Crippen LogP contribution in [0.3, 0.4) is 0 Å². The highest BCUT2D eigenvalue weighted by Crippen LogP contribution is 2.41. The van der Waals surface area contributed by atoms with Crippen LogP contribution in [0, 0.1) is 0 Å². The first-order valence-corrected chi connectivity index (χ1v) is 10.1. The van der Waals surface area contributed by atoms with Crippen molar-refractivity contribution in [1.82, 2.24) is 9.97 Å². The largest absolute Gasteiger partial charge is 0.394 e. The van der Waals surface area contributed by atoms with Crippen LogP contribution in [0.4, 0.5) is 11.5 Å². The Morgan fingerprint density at radius 3 is 2.89 bits per heavy atom. The molecule has 0 aromatic carbocycles. The van der Waals surface area contributed by atoms with Gasteiger partial charge in [0, 0.05) is 5.75 Å². The molecule has 2 aliphatic rings. The molecular formula is C17H27ClN4O4S. The fourth-order valence-electron chi connectivity index (χ4n) is 3.26. The molecule has 4 N–H and O–H groups in total. The molecule has 1 aliphatic carbocycles. The van der Waals surface area contributed by atoms with Crippen molar-refractivity contribution in [3.8, 4) is 0 Å². The van der Waals surface area contributed by atoms with Crippen LogP contribution < -0.4 is 11.1 Å². The highest BCUT2D eigenvalue weighted by atomic mass is 35.5. The Hall–Kier alpha value is -0.840. The van der Waals surface area contributed by atoms with Crippen molar-refractivity contribution in [3.63, 3.8) is 0 Å². The molecule has 1 aromatic rings. The number of nitrogen functional groups attached to an aromatic ring is 1. The van der Waals surface area contributed by atoms with Gasteiger partial charge in [-0.3, -0.25) is 0 Å². The molecule has 0 amide bonds. The number of rotatable bonds is 8. The molecule has 8 nitrogen and oxygen atoms in total. The topological polar surface area (TPSA) is 112 Å². The van der Waals surface area contributed by atoms with Crippen LogP contribution in [0.2, 0.25) is 5.15 Å². The van der Waals surface area contributed by atoms with Gasteiger partial charge in [0.2, 0.25) is 0 Å². The molecule has 4 atom stereocenters. The van der Waals surface area contributed by atoms with E-state index in [4.69, 9.17) is 37.0 Å². The highest BCUT2D eigenvalue weighted by molar-refractivity contribution is 7.99. The summed E-state index contributed by atoms with van der Waals surface area (Å²) < 4.78 is 47.4. The lowest BCUT2D eigenvalue weighted by Gasteiger charge is -2.24. The van der Waals surface area contributed by atoms with E-state index in [1.807, 2.05) is 6.92 Å². The molecule has 0 bridgehead atoms. The molecule has 0 unspecified atom stereocenters. The van der Waals surface area contributed by atoms with Crippen molar-refractivity contribution in [1.29, 1.82) is 0 Å². The Morgan fingerprint density at radius 2 is 2.19 bits per heavy atom. The minimum absolute atomic E-state index is 0.118. The molecule has 27 heavy (non-hydrogen) atoms. The Balaban J connectivity index is 1.84. The van der Waals surface area contributed by atoms with Crippen molar-refractivity contribution in [2.75, 3.05) is 29.9 Å². The first kappa shape index (κ1) is 16.0. The van der Waals surface area contributed by atoms with Gasteiger partial charge < -0.3 is 30.4 Å². The van der Waals surface area contributed by atoms with Gasteiger partial charge in [0.1, 0.15) is 17.9 Å². The number of halogens is 1. The molecule has 152 valence electrons. The SMILES string of the molecule is [2H]C([2H])(O)C([2H])([2H])O[C@H]1C[C@@H](Nc2nc(SCCC)nc(Cl)c2N)[C@@H]2OC(C)(C)O[C@@H]21. The molecule has 10 heteroatoms. The number of hydrogen-bond donors (Lipinski definition) is 3. The van der Waals surface area contributed by atoms with E-state index in [0.29, 0.717) is 11.0 Å². The maximum atomic E-state index is 9.51. The Morgan fingerprint density at radius 1 is 1.44 bits per heavy atom. The summed E-state index contributed by atoms with van der Waals surface area (Å²) in [5.74, 6) is 0.170. The molecule has 3 rings (SSSR count). The van der Waals surface area contributed by atoms with Crippen molar-refractivity contribution in [2.45, 2.75) is 68.9 Å². The third-order valence-corrected chi connectivity index (χ3v) is 5.65. The molecule has 2 heterocycles. The summed E-state index contributed by atoms with van der Waals surface area (Å²) in [5.41, 5.74) is 6.24. The van der Waals surface area contributed by atoms with Gasteiger partial charge in [-0.05, 0) is 26.7 Å². The van der Waals surface area contributed by atoms with E-state index in [1.165, 1.54) is 11.8 Å². The molecule has 0 radical (unpaired) electrons. The number of nitrogens with zero attached hydrogens (tertiary/aromatic N) is 2. The van der Waals surface area contributed by atoms with Crippen molar-refractivity contribution >= 4 is 34.9 Å². The first-order valence-electron chi connectivity index (χ1n) is 10.7. The van der Waals surface area contributed by atoms with Gasteiger partial charge >= 0.3 is 0 Å². The molecule has 1 saturated carbocycles. The second-order valence-electron chi connectivity index (χ2n) is 6.83. The average Bonchev–Trinajstić information content (AvgIpc) is 3.10. The van der Waals surface area contributed by atoms with Crippen LogP contribution in [0.15, 0.2) is 5.16 Å². The van der Waals surface area contributed by atoms with Gasteiger partial charge in [0.25, 0.3) is 0 Å². The van der Waals surface area contributed by atoms with Crippen LogP contribution in [0.5, 0.6) is 0 Å². The van der Waals surface area contributed by atoms with Gasteiger partial charge in [-0.2, -0.15) is 0 Å². The van der Waals surface area contributed by atoms with Gasteiger partial charge in [-0.15, -0.1) is 0 Å². The zero-order chi connectivity index (χ0) is 23.2. The minimum atomic E-state index is -3.20. The normalized spacial score (nSPS) is 32.3. The number of fused-ring (bicyclic) bond motifs is 1. The molecule has 0 spiro atoms. The maximum Gasteiger partial charge on any atom is 0.191 e. The van der Waals surface area contributed by atoms with E-state index >= 15 is 0 Å². The predicted octanol–water partition coefficient (Wildman–Crippen LogP) is 2.30. The fourth-order valence-corrected chi connectivity index (χ4v) is 4.18. The number of nitrogens with one attached hydrogen (secondary N) is 1. The van der Waals surface area contributed by atoms with Crippen LogP contribution in [0.25, 0.3) is 0 Å². The number of anilines is 2. The second kappa shape index (κ2) is 8.67. The van der Waals surface area contributed by atoms with E-state index in [2.05, 4.69) is 15.3 Å². The molecule has 2 fully saturated rings. The van der Waals surface area contributed by atoms with Crippen molar-refractivity contribution < 1.29 is 24.8 Å². The quantitative estimate of drug-likeness (QED) is 0.330. The lowest BCUT2D eigenvalue weighted by atomic mass is 10.2. The Bertz CT molecular complexity index is 817. The van der Waals surface area contributed by atoms with E-state index in [-0.39, 0.29) is 17.3 Å². The maximum absolute atomic E-state index is 9.51. The minimum Gasteiger partial charge on any atom is -0.394 e. The Labute approximate surface area is 174 Å². The average molecular weight is 423 g/mol. The smallest absolute Gasteiger partial charge is 0.191 e. The monoisotopic (exact) mass is 422 g/mol. The third kappa shape index (κ3) is 4.78. The number of hydrogen-bond acceptors (Lipinski definition) is 9. The fraction of sp³-hybridized carbons (Fsp3) is 0.765. The number of aliphatic hydroxyl groups is 1. The van der Waals surface area contributed by atoms with Gasteiger partial charge in [-0.25, -0.2) is 9.97 Å². The van der Waals surface area contributed by atoms with E-state index in [0.717, 1.165) is 12.2 Å². The summed E-state index contributed by atoms with van der Waals surface area (Å²) in [6.45, 7) is -0.673. The summed E-state index contributed by atoms with van der Waals surface area (Å²) in [6, 6.07) is -0.450. The second-order valence-corrected chi connectivity index (χ2v) is 8.25. The van der Waals surface area contributed by atoms with Crippen LogP contribution in [-0.4, -0.2) is 64.1 Å². The van der Waals surface area contributed by atoms with Gasteiger partial charge in [0.05, 0.1) is 30.7 Å². The number of thioether (sulfide) groups is 1. The third-order valence-electron chi connectivity index (χ3n) is 4.30. The number of ether oxygens (including phenoxy) is 3. The van der Waals surface area contributed by atoms with Crippen LogP contribution in [0.1, 0.15) is 39.1 Å². The summed E-state index contributed by atoms with van der Waals surface area (Å²) >= 11 is 7.62. The number of nitrogens with two attached hydrogens (primary N) is 1. The highest BCUT2D eigenvalue weighted by Gasteiger charge is 2.54. The number of aromatic nitrogens is 2. The summed E-state index contributed by atoms with van der Waals surface area (Å²) in [7, 11) is 0. The predicted molar refractivity (Wildman–Crippen MR) is 105 cm³/mol. The van der Waals surface area contributed by atoms with E-state index < -0.39 is 43.3 Å². The van der Waals surface area contributed by atoms with Gasteiger partial charge in [-0.1, -0.05) is 30.3 Å². The van der Waals surface area contributed by atoms with E-state index in [9.17, 15) is 5.11 Å². The van der Waals surface area contributed by atoms with Crippen LogP contribution >= 0.6 is 23.4 Å². The molecule has 1 aromatic heterocycles.